The average Bonchev–Trinajstić information content (AvgIpc) is 3.21. The van der Waals surface area contributed by atoms with Gasteiger partial charge in [-0.2, -0.15) is 0 Å². The molecule has 2 heterocycles. The second-order valence-corrected chi connectivity index (χ2v) is 9.28. The highest BCUT2D eigenvalue weighted by atomic mass is 19.1. The molecule has 0 radical (unpaired) electrons. The molecule has 1 amide bonds. The van der Waals surface area contributed by atoms with Gasteiger partial charge >= 0.3 is 0 Å². The van der Waals surface area contributed by atoms with Crippen molar-refractivity contribution in [3.8, 4) is 0 Å². The van der Waals surface area contributed by atoms with E-state index in [9.17, 15) is 9.18 Å². The van der Waals surface area contributed by atoms with Crippen molar-refractivity contribution in [1.82, 2.24) is 4.90 Å². The van der Waals surface area contributed by atoms with Crippen molar-refractivity contribution in [3.63, 3.8) is 0 Å². The van der Waals surface area contributed by atoms with Crippen LogP contribution in [0.15, 0.2) is 47.5 Å². The molecular formula is C24H29F2N5O. The number of carbonyl (C=O) groups excluding carboxylic acids is 1. The number of carbonyl (C=O) groups is 1. The minimum atomic E-state index is -1.15. The fourth-order valence-corrected chi connectivity index (χ4v) is 4.56. The van der Waals surface area contributed by atoms with Crippen molar-refractivity contribution in [3.05, 3.63) is 59.7 Å². The Bertz CT molecular complexity index is 1070. The second kappa shape index (κ2) is 7.76. The summed E-state index contributed by atoms with van der Waals surface area (Å²) < 4.78 is 28.2. The number of nitrogens with zero attached hydrogens (tertiary/aromatic N) is 3. The summed E-state index contributed by atoms with van der Waals surface area (Å²) in [4.78, 5) is 21.0. The lowest BCUT2D eigenvalue weighted by molar-refractivity contribution is -0.140. The summed E-state index contributed by atoms with van der Waals surface area (Å²) in [7, 11) is 1.57. The number of nitrogens with two attached hydrogens (primary N) is 1. The summed E-state index contributed by atoms with van der Waals surface area (Å²) in [5.41, 5.74) is 5.90. The van der Waals surface area contributed by atoms with Gasteiger partial charge in [0.1, 0.15) is 17.2 Å². The van der Waals surface area contributed by atoms with Crippen molar-refractivity contribution in [2.45, 2.75) is 38.8 Å². The summed E-state index contributed by atoms with van der Waals surface area (Å²) in [5, 5.41) is 3.48. The number of nitrogens with one attached hydrogen (secondary N) is 1. The van der Waals surface area contributed by atoms with Crippen LogP contribution in [0.25, 0.3) is 0 Å². The molecule has 4 rings (SSSR count). The van der Waals surface area contributed by atoms with E-state index in [1.807, 2.05) is 0 Å². The highest BCUT2D eigenvalue weighted by Crippen LogP contribution is 2.47. The van der Waals surface area contributed by atoms with Crippen LogP contribution in [0.4, 0.5) is 20.2 Å². The Morgan fingerprint density at radius 2 is 1.81 bits per heavy atom. The standard InChI is InChI=1S/C24H29F2N5O/c1-23(2)21(32)30(4)22(27)29-24(23,3)19-13-16(7-10-20(19)26)28-17-11-12-31(14-17)18-8-5-15(25)6-9-18/h5-10,13,17,28H,11-12,14H2,1-4H3,(H2,27,29). The van der Waals surface area contributed by atoms with E-state index in [0.29, 0.717) is 5.56 Å². The van der Waals surface area contributed by atoms with E-state index in [0.717, 1.165) is 30.9 Å². The molecule has 3 N–H and O–H groups in total. The predicted octanol–water partition coefficient (Wildman–Crippen LogP) is 3.68. The molecular weight excluding hydrogens is 412 g/mol. The SMILES string of the molecule is CN1C(=O)C(C)(C)C(C)(c2cc(NC3CCN(c4ccc(F)cc4)C3)ccc2F)N=C1N. The first-order valence-electron chi connectivity index (χ1n) is 10.7. The molecule has 32 heavy (non-hydrogen) atoms. The molecule has 2 aromatic carbocycles. The van der Waals surface area contributed by atoms with Gasteiger partial charge in [-0.3, -0.25) is 9.69 Å². The van der Waals surface area contributed by atoms with Crippen LogP contribution in [0.5, 0.6) is 0 Å². The smallest absolute Gasteiger partial charge is 0.237 e. The van der Waals surface area contributed by atoms with E-state index in [2.05, 4.69) is 15.2 Å². The van der Waals surface area contributed by atoms with Crippen molar-refractivity contribution < 1.29 is 13.6 Å². The zero-order chi connectivity index (χ0) is 23.3. The fraction of sp³-hybridized carbons (Fsp3) is 0.417. The monoisotopic (exact) mass is 441 g/mol. The summed E-state index contributed by atoms with van der Waals surface area (Å²) in [6, 6.07) is 11.4. The first-order valence-corrected chi connectivity index (χ1v) is 10.7. The zero-order valence-electron chi connectivity index (χ0n) is 18.8. The lowest BCUT2D eigenvalue weighted by Gasteiger charge is -2.46. The van der Waals surface area contributed by atoms with E-state index < -0.39 is 16.8 Å². The number of aliphatic imine (C=N–C) groups is 1. The molecule has 0 aromatic heterocycles. The highest BCUT2D eigenvalue weighted by molar-refractivity contribution is 6.01. The molecule has 0 aliphatic carbocycles. The third kappa shape index (κ3) is 3.57. The third-order valence-electron chi connectivity index (χ3n) is 6.98. The maximum Gasteiger partial charge on any atom is 0.237 e. The third-order valence-corrected chi connectivity index (χ3v) is 6.98. The molecule has 1 fully saturated rings. The molecule has 1 saturated heterocycles. The van der Waals surface area contributed by atoms with E-state index in [4.69, 9.17) is 5.73 Å². The fourth-order valence-electron chi connectivity index (χ4n) is 4.56. The van der Waals surface area contributed by atoms with Gasteiger partial charge in [0, 0.05) is 43.1 Å². The molecule has 170 valence electrons. The summed E-state index contributed by atoms with van der Waals surface area (Å²) in [6.07, 6.45) is 0.890. The molecule has 2 aromatic rings. The predicted molar refractivity (Wildman–Crippen MR) is 123 cm³/mol. The van der Waals surface area contributed by atoms with Crippen LogP contribution in [0.1, 0.15) is 32.8 Å². The Kier molecular flexibility index (Phi) is 5.35. The number of rotatable bonds is 4. The molecule has 2 aliphatic rings. The van der Waals surface area contributed by atoms with Crippen LogP contribution in [-0.4, -0.2) is 42.9 Å². The van der Waals surface area contributed by atoms with Crippen LogP contribution in [-0.2, 0) is 10.3 Å². The minimum Gasteiger partial charge on any atom is -0.380 e. The Balaban J connectivity index is 1.59. The maximum absolute atomic E-state index is 15.0. The number of amides is 1. The second-order valence-electron chi connectivity index (χ2n) is 9.28. The Morgan fingerprint density at radius 3 is 2.50 bits per heavy atom. The quantitative estimate of drug-likeness (QED) is 0.759. The number of guanidine groups is 1. The van der Waals surface area contributed by atoms with Crippen LogP contribution in [0.2, 0.25) is 0 Å². The largest absolute Gasteiger partial charge is 0.380 e. The van der Waals surface area contributed by atoms with Crippen molar-refractivity contribution in [2.75, 3.05) is 30.4 Å². The normalized spacial score (nSPS) is 25.1. The van der Waals surface area contributed by atoms with Crippen LogP contribution in [0, 0.1) is 17.0 Å². The Hall–Kier alpha value is -3.16. The van der Waals surface area contributed by atoms with Crippen LogP contribution >= 0.6 is 0 Å². The van der Waals surface area contributed by atoms with Gasteiger partial charge in [0.2, 0.25) is 5.91 Å². The zero-order valence-corrected chi connectivity index (χ0v) is 18.8. The van der Waals surface area contributed by atoms with E-state index in [-0.39, 0.29) is 23.7 Å². The van der Waals surface area contributed by atoms with Crippen molar-refractivity contribution in [1.29, 1.82) is 0 Å². The first kappa shape index (κ1) is 22.0. The van der Waals surface area contributed by atoms with E-state index in [1.54, 1.807) is 52.1 Å². The highest BCUT2D eigenvalue weighted by Gasteiger charge is 2.53. The first-order chi connectivity index (χ1) is 15.0. The molecule has 6 nitrogen and oxygen atoms in total. The lowest BCUT2D eigenvalue weighted by Crippen LogP contribution is -2.58. The topological polar surface area (TPSA) is 74.0 Å². The summed E-state index contributed by atoms with van der Waals surface area (Å²) in [6.45, 7) is 6.86. The molecule has 2 aliphatic heterocycles. The molecule has 8 heteroatoms. The van der Waals surface area contributed by atoms with Crippen LogP contribution in [0.3, 0.4) is 0 Å². The molecule has 2 unspecified atom stereocenters. The number of hydrogen-bond acceptors (Lipinski definition) is 5. The van der Waals surface area contributed by atoms with Gasteiger partial charge in [-0.25, -0.2) is 13.8 Å². The number of anilines is 2. The molecule has 0 bridgehead atoms. The minimum absolute atomic E-state index is 0.0697. The van der Waals surface area contributed by atoms with Gasteiger partial charge in [-0.15, -0.1) is 0 Å². The van der Waals surface area contributed by atoms with Gasteiger partial charge in [0.15, 0.2) is 5.96 Å². The van der Waals surface area contributed by atoms with Gasteiger partial charge < -0.3 is 16.0 Å². The number of halogens is 2. The molecule has 0 saturated carbocycles. The van der Waals surface area contributed by atoms with Gasteiger partial charge in [0.25, 0.3) is 0 Å². The Morgan fingerprint density at radius 1 is 1.12 bits per heavy atom. The lowest BCUT2D eigenvalue weighted by atomic mass is 9.67. The van der Waals surface area contributed by atoms with Gasteiger partial charge in [-0.1, -0.05) is 0 Å². The van der Waals surface area contributed by atoms with E-state index >= 15 is 4.39 Å². The average molecular weight is 442 g/mol. The summed E-state index contributed by atoms with van der Waals surface area (Å²) in [5.74, 6) is -0.829. The van der Waals surface area contributed by atoms with E-state index in [1.165, 1.54) is 23.1 Å². The van der Waals surface area contributed by atoms with Crippen molar-refractivity contribution >= 4 is 23.2 Å². The molecule has 2 atom stereocenters. The van der Waals surface area contributed by atoms with Crippen molar-refractivity contribution in [2.24, 2.45) is 16.1 Å². The number of hydrogen-bond donors (Lipinski definition) is 2. The summed E-state index contributed by atoms with van der Waals surface area (Å²) >= 11 is 0. The van der Waals surface area contributed by atoms with Crippen LogP contribution < -0.4 is 16.0 Å². The molecule has 0 spiro atoms. The maximum atomic E-state index is 15.0. The van der Waals surface area contributed by atoms with Gasteiger partial charge in [0.05, 0.1) is 5.41 Å². The Labute approximate surface area is 187 Å². The number of benzene rings is 2. The van der Waals surface area contributed by atoms with Gasteiger partial charge in [-0.05, 0) is 69.7 Å².